The molecule has 0 atom stereocenters. The van der Waals surface area contributed by atoms with E-state index in [1.54, 1.807) is 6.20 Å². The molecule has 1 rings (SSSR count). The molecule has 0 bridgehead atoms. The fourth-order valence-electron chi connectivity index (χ4n) is 0.577. The van der Waals surface area contributed by atoms with Crippen LogP contribution >= 0.6 is 31.9 Å². The molecule has 0 fully saturated rings. The molecule has 2 N–H and O–H groups in total. The molecule has 2 nitrogen and oxygen atoms in total. The third-order valence-electron chi connectivity index (χ3n) is 1.23. The number of nitrogen functional groups attached to an aromatic ring is 1. The van der Waals surface area contributed by atoms with E-state index in [0.717, 1.165) is 14.5 Å². The van der Waals surface area contributed by atoms with Gasteiger partial charge in [0.25, 0.3) is 0 Å². The van der Waals surface area contributed by atoms with Crippen molar-refractivity contribution in [1.82, 2.24) is 4.98 Å². The van der Waals surface area contributed by atoms with Gasteiger partial charge >= 0.3 is 0 Å². The molecular formula is C6H6Br2N2. The molecule has 0 amide bonds. The Morgan fingerprint density at radius 1 is 1.50 bits per heavy atom. The highest BCUT2D eigenvalue weighted by Crippen LogP contribution is 2.26. The average molecular weight is 266 g/mol. The standard InChI is InChI=1S/C6H6Br2N2/c1-3-4(7)2-10-6(9)5(3)8/h2H,1H3,(H2,9,10). The van der Waals surface area contributed by atoms with Gasteiger partial charge in [0, 0.05) is 10.7 Å². The van der Waals surface area contributed by atoms with Crippen molar-refractivity contribution in [3.63, 3.8) is 0 Å². The number of nitrogens with zero attached hydrogens (tertiary/aromatic N) is 1. The second-order valence-electron chi connectivity index (χ2n) is 1.93. The Morgan fingerprint density at radius 2 is 2.10 bits per heavy atom. The van der Waals surface area contributed by atoms with E-state index < -0.39 is 0 Å². The van der Waals surface area contributed by atoms with Crippen LogP contribution in [0.2, 0.25) is 0 Å². The smallest absolute Gasteiger partial charge is 0.138 e. The summed E-state index contributed by atoms with van der Waals surface area (Å²) in [6.45, 7) is 1.96. The first-order chi connectivity index (χ1) is 4.63. The van der Waals surface area contributed by atoms with Gasteiger partial charge in [-0.25, -0.2) is 4.98 Å². The molecule has 0 aliphatic heterocycles. The Hall–Kier alpha value is -0.0900. The third-order valence-corrected chi connectivity index (χ3v) is 3.03. The molecule has 0 spiro atoms. The average Bonchev–Trinajstić information content (AvgIpc) is 1.93. The fraction of sp³-hybridized carbons (Fsp3) is 0.167. The second-order valence-corrected chi connectivity index (χ2v) is 3.58. The highest BCUT2D eigenvalue weighted by molar-refractivity contribution is 9.11. The van der Waals surface area contributed by atoms with E-state index in [0.29, 0.717) is 5.82 Å². The van der Waals surface area contributed by atoms with E-state index in [-0.39, 0.29) is 0 Å². The second kappa shape index (κ2) is 2.88. The molecule has 1 aromatic rings. The van der Waals surface area contributed by atoms with Crippen LogP contribution < -0.4 is 5.73 Å². The minimum Gasteiger partial charge on any atom is -0.383 e. The molecule has 0 unspecified atom stereocenters. The van der Waals surface area contributed by atoms with E-state index in [9.17, 15) is 0 Å². The number of hydrogen-bond acceptors (Lipinski definition) is 2. The fourth-order valence-corrected chi connectivity index (χ4v) is 1.46. The van der Waals surface area contributed by atoms with E-state index in [2.05, 4.69) is 36.8 Å². The van der Waals surface area contributed by atoms with Crippen LogP contribution in [0.4, 0.5) is 5.82 Å². The minimum absolute atomic E-state index is 0.528. The number of pyridine rings is 1. The van der Waals surface area contributed by atoms with Gasteiger partial charge in [0.05, 0.1) is 4.47 Å². The van der Waals surface area contributed by atoms with Gasteiger partial charge in [-0.2, -0.15) is 0 Å². The highest BCUT2D eigenvalue weighted by atomic mass is 79.9. The number of nitrogens with two attached hydrogens (primary N) is 1. The number of aromatic nitrogens is 1. The van der Waals surface area contributed by atoms with Gasteiger partial charge in [-0.15, -0.1) is 0 Å². The van der Waals surface area contributed by atoms with Gasteiger partial charge in [-0.1, -0.05) is 0 Å². The molecule has 4 heteroatoms. The zero-order valence-electron chi connectivity index (χ0n) is 5.36. The molecule has 0 radical (unpaired) electrons. The van der Waals surface area contributed by atoms with Crippen molar-refractivity contribution in [3.8, 4) is 0 Å². The molecule has 1 heterocycles. The Morgan fingerprint density at radius 3 is 2.60 bits per heavy atom. The lowest BCUT2D eigenvalue weighted by molar-refractivity contribution is 1.25. The monoisotopic (exact) mass is 264 g/mol. The van der Waals surface area contributed by atoms with Crippen LogP contribution in [0.15, 0.2) is 15.1 Å². The topological polar surface area (TPSA) is 38.9 Å². The summed E-state index contributed by atoms with van der Waals surface area (Å²) in [5.41, 5.74) is 6.59. The van der Waals surface area contributed by atoms with Crippen molar-refractivity contribution in [3.05, 3.63) is 20.7 Å². The van der Waals surface area contributed by atoms with Gasteiger partial charge in [-0.3, -0.25) is 0 Å². The maximum atomic E-state index is 5.51. The van der Waals surface area contributed by atoms with Gasteiger partial charge in [-0.05, 0) is 44.3 Å². The molecule has 0 aromatic carbocycles. The summed E-state index contributed by atoms with van der Waals surface area (Å²) < 4.78 is 1.83. The van der Waals surface area contributed by atoms with Crippen LogP contribution in [-0.4, -0.2) is 4.98 Å². The number of halogens is 2. The normalized spacial score (nSPS) is 9.90. The highest BCUT2D eigenvalue weighted by Gasteiger charge is 2.02. The zero-order valence-corrected chi connectivity index (χ0v) is 8.53. The first kappa shape index (κ1) is 8.01. The Bertz CT molecular complexity index is 233. The lowest BCUT2D eigenvalue weighted by atomic mass is 10.3. The Labute approximate surface area is 76.1 Å². The number of hydrogen-bond donors (Lipinski definition) is 1. The van der Waals surface area contributed by atoms with Crippen LogP contribution in [0.5, 0.6) is 0 Å². The minimum atomic E-state index is 0.528. The van der Waals surface area contributed by atoms with Crippen LogP contribution in [0.1, 0.15) is 5.56 Å². The quantitative estimate of drug-likeness (QED) is 0.783. The summed E-state index contributed by atoms with van der Waals surface area (Å²) in [6.07, 6.45) is 1.69. The summed E-state index contributed by atoms with van der Waals surface area (Å²) in [7, 11) is 0. The van der Waals surface area contributed by atoms with Crippen molar-refractivity contribution in [1.29, 1.82) is 0 Å². The SMILES string of the molecule is Cc1c(Br)cnc(N)c1Br. The van der Waals surface area contributed by atoms with Gasteiger partial charge in [0.1, 0.15) is 5.82 Å². The van der Waals surface area contributed by atoms with Crippen molar-refractivity contribution < 1.29 is 0 Å². The summed E-state index contributed by atoms with van der Waals surface area (Å²) in [4.78, 5) is 3.92. The first-order valence-corrected chi connectivity index (χ1v) is 4.27. The Kier molecular flexibility index (Phi) is 2.31. The van der Waals surface area contributed by atoms with Crippen molar-refractivity contribution in [2.75, 3.05) is 5.73 Å². The van der Waals surface area contributed by atoms with Crippen LogP contribution in [0.3, 0.4) is 0 Å². The zero-order chi connectivity index (χ0) is 7.72. The van der Waals surface area contributed by atoms with Crippen molar-refractivity contribution in [2.24, 2.45) is 0 Å². The molecule has 0 aliphatic carbocycles. The molecule has 0 aliphatic rings. The molecule has 10 heavy (non-hydrogen) atoms. The summed E-state index contributed by atoms with van der Waals surface area (Å²) in [6, 6.07) is 0. The summed E-state index contributed by atoms with van der Waals surface area (Å²) >= 11 is 6.64. The largest absolute Gasteiger partial charge is 0.383 e. The molecular weight excluding hydrogens is 260 g/mol. The lowest BCUT2D eigenvalue weighted by Gasteiger charge is -2.01. The van der Waals surface area contributed by atoms with Crippen LogP contribution in [0.25, 0.3) is 0 Å². The molecule has 54 valence electrons. The third kappa shape index (κ3) is 1.32. The predicted octanol–water partition coefficient (Wildman–Crippen LogP) is 2.50. The predicted molar refractivity (Wildman–Crippen MR) is 48.8 cm³/mol. The van der Waals surface area contributed by atoms with E-state index >= 15 is 0 Å². The van der Waals surface area contributed by atoms with E-state index in [1.807, 2.05) is 6.92 Å². The molecule has 0 saturated heterocycles. The number of rotatable bonds is 0. The first-order valence-electron chi connectivity index (χ1n) is 2.69. The lowest BCUT2D eigenvalue weighted by Crippen LogP contribution is -1.93. The molecule has 0 saturated carbocycles. The summed E-state index contributed by atoms with van der Waals surface area (Å²) in [5.74, 6) is 0.528. The van der Waals surface area contributed by atoms with Crippen LogP contribution in [0, 0.1) is 6.92 Å². The summed E-state index contributed by atoms with van der Waals surface area (Å²) in [5, 5.41) is 0. The maximum Gasteiger partial charge on any atom is 0.138 e. The van der Waals surface area contributed by atoms with Crippen molar-refractivity contribution in [2.45, 2.75) is 6.92 Å². The maximum absolute atomic E-state index is 5.51. The van der Waals surface area contributed by atoms with Gasteiger partial charge in [0.15, 0.2) is 0 Å². The van der Waals surface area contributed by atoms with Crippen LogP contribution in [-0.2, 0) is 0 Å². The van der Waals surface area contributed by atoms with Gasteiger partial charge in [0.2, 0.25) is 0 Å². The van der Waals surface area contributed by atoms with E-state index in [4.69, 9.17) is 5.73 Å². The molecule has 1 aromatic heterocycles. The van der Waals surface area contributed by atoms with E-state index in [1.165, 1.54) is 0 Å². The Balaban J connectivity index is 3.34. The van der Waals surface area contributed by atoms with Crippen molar-refractivity contribution >= 4 is 37.7 Å². The number of anilines is 1. The van der Waals surface area contributed by atoms with Gasteiger partial charge < -0.3 is 5.73 Å².